The molecule has 2 unspecified atom stereocenters. The molecule has 1 aromatic heterocycles. The van der Waals surface area contributed by atoms with E-state index in [4.69, 9.17) is 11.6 Å². The van der Waals surface area contributed by atoms with Crippen LogP contribution in [0.2, 0.25) is 5.15 Å². The number of nitrogens with one attached hydrogen (secondary N) is 1. The minimum absolute atomic E-state index is 0.312. The third kappa shape index (κ3) is 3.05. The molecule has 0 bridgehead atoms. The molecule has 1 aromatic carbocycles. The van der Waals surface area contributed by atoms with Crippen LogP contribution in [-0.4, -0.2) is 16.8 Å². The first-order valence-corrected chi connectivity index (χ1v) is 7.32. The Hall–Kier alpha value is -1.32. The highest BCUT2D eigenvalue weighted by Gasteiger charge is 2.21. The van der Waals surface area contributed by atoms with Crippen LogP contribution in [0.3, 0.4) is 0 Å². The number of nitrogens with zero attached hydrogens (tertiary/aromatic N) is 2. The first-order chi connectivity index (χ1) is 9.54. The van der Waals surface area contributed by atoms with Gasteiger partial charge in [0.15, 0.2) is 0 Å². The molecule has 2 atom stereocenters. The second kappa shape index (κ2) is 6.42. The van der Waals surface area contributed by atoms with Crippen molar-refractivity contribution in [2.45, 2.75) is 26.3 Å². The van der Waals surface area contributed by atoms with Gasteiger partial charge in [-0.15, -0.1) is 0 Å². The average Bonchev–Trinajstić information content (AvgIpc) is 2.67. The number of aromatic nitrogens is 2. The number of aryl methyl sites for hydroxylation is 2. The topological polar surface area (TPSA) is 29.9 Å². The van der Waals surface area contributed by atoms with E-state index < -0.39 is 0 Å². The Labute approximate surface area is 126 Å². The van der Waals surface area contributed by atoms with E-state index in [1.165, 1.54) is 5.56 Å². The van der Waals surface area contributed by atoms with Crippen LogP contribution in [0.5, 0.6) is 0 Å². The average molecular weight is 292 g/mol. The van der Waals surface area contributed by atoms with E-state index in [1.807, 2.05) is 27.1 Å². The lowest BCUT2D eigenvalue weighted by Gasteiger charge is -2.24. The molecule has 3 nitrogen and oxygen atoms in total. The SMILES string of the molecule is CNC(c1ccccc1)C(C)Cc1c(C)nn(C)c1Cl. The molecule has 4 heteroatoms. The maximum Gasteiger partial charge on any atom is 0.130 e. The molecule has 0 aliphatic rings. The molecule has 0 aliphatic carbocycles. The molecule has 0 saturated carbocycles. The molecular formula is C16H22ClN3. The summed E-state index contributed by atoms with van der Waals surface area (Å²) in [5.41, 5.74) is 3.48. The lowest BCUT2D eigenvalue weighted by atomic mass is 9.89. The fourth-order valence-corrected chi connectivity index (χ4v) is 3.04. The molecule has 0 fully saturated rings. The van der Waals surface area contributed by atoms with Gasteiger partial charge in [0.1, 0.15) is 5.15 Å². The van der Waals surface area contributed by atoms with Gasteiger partial charge in [0.05, 0.1) is 5.69 Å². The first kappa shape index (κ1) is 15.1. The summed E-state index contributed by atoms with van der Waals surface area (Å²) in [6.07, 6.45) is 0.916. The van der Waals surface area contributed by atoms with Crippen molar-refractivity contribution in [2.24, 2.45) is 13.0 Å². The molecule has 0 saturated heterocycles. The van der Waals surface area contributed by atoms with E-state index >= 15 is 0 Å². The molecule has 2 rings (SSSR count). The monoisotopic (exact) mass is 291 g/mol. The summed E-state index contributed by atoms with van der Waals surface area (Å²) in [7, 11) is 3.89. The minimum atomic E-state index is 0.312. The molecule has 1 N–H and O–H groups in total. The number of benzene rings is 1. The summed E-state index contributed by atoms with van der Waals surface area (Å²) in [6.45, 7) is 4.27. The van der Waals surface area contributed by atoms with E-state index in [2.05, 4.69) is 41.6 Å². The lowest BCUT2D eigenvalue weighted by molar-refractivity contribution is 0.408. The van der Waals surface area contributed by atoms with Crippen LogP contribution < -0.4 is 5.32 Å². The van der Waals surface area contributed by atoms with Gasteiger partial charge in [-0.25, -0.2) is 0 Å². The summed E-state index contributed by atoms with van der Waals surface area (Å²) >= 11 is 6.33. The lowest BCUT2D eigenvalue weighted by Crippen LogP contribution is -2.25. The van der Waals surface area contributed by atoms with Gasteiger partial charge < -0.3 is 5.32 Å². The zero-order chi connectivity index (χ0) is 14.7. The quantitative estimate of drug-likeness (QED) is 0.913. The molecular weight excluding hydrogens is 270 g/mol. The van der Waals surface area contributed by atoms with Crippen LogP contribution in [0.1, 0.15) is 29.8 Å². The first-order valence-electron chi connectivity index (χ1n) is 6.94. The number of halogens is 1. The predicted octanol–water partition coefficient (Wildman–Crippen LogP) is 3.52. The largest absolute Gasteiger partial charge is 0.313 e. The number of hydrogen-bond donors (Lipinski definition) is 1. The highest BCUT2D eigenvalue weighted by Crippen LogP contribution is 2.28. The summed E-state index contributed by atoms with van der Waals surface area (Å²) in [4.78, 5) is 0. The van der Waals surface area contributed by atoms with Crippen LogP contribution in [0, 0.1) is 12.8 Å². The highest BCUT2D eigenvalue weighted by atomic mass is 35.5. The van der Waals surface area contributed by atoms with E-state index in [1.54, 1.807) is 4.68 Å². The Morgan fingerprint density at radius 3 is 2.45 bits per heavy atom. The van der Waals surface area contributed by atoms with E-state index in [-0.39, 0.29) is 0 Å². The third-order valence-corrected chi connectivity index (χ3v) is 4.31. The van der Waals surface area contributed by atoms with Crippen molar-refractivity contribution in [3.05, 3.63) is 52.3 Å². The van der Waals surface area contributed by atoms with Gasteiger partial charge >= 0.3 is 0 Å². The van der Waals surface area contributed by atoms with Crippen molar-refractivity contribution in [3.63, 3.8) is 0 Å². The van der Waals surface area contributed by atoms with Gasteiger partial charge in [0, 0.05) is 18.7 Å². The van der Waals surface area contributed by atoms with Crippen molar-refractivity contribution >= 4 is 11.6 Å². The summed E-state index contributed by atoms with van der Waals surface area (Å²) < 4.78 is 1.75. The molecule has 2 aromatic rings. The highest BCUT2D eigenvalue weighted by molar-refractivity contribution is 6.30. The molecule has 0 aliphatic heterocycles. The summed E-state index contributed by atoms with van der Waals surface area (Å²) in [5.74, 6) is 0.433. The van der Waals surface area contributed by atoms with E-state index in [0.717, 1.165) is 22.8 Å². The van der Waals surface area contributed by atoms with Crippen molar-refractivity contribution in [1.29, 1.82) is 0 Å². The van der Waals surface area contributed by atoms with Crippen LogP contribution in [-0.2, 0) is 13.5 Å². The van der Waals surface area contributed by atoms with Crippen LogP contribution in [0.4, 0.5) is 0 Å². The second-order valence-corrected chi connectivity index (χ2v) is 5.69. The molecule has 108 valence electrons. The van der Waals surface area contributed by atoms with Gasteiger partial charge in [-0.2, -0.15) is 5.10 Å². The molecule has 1 heterocycles. The van der Waals surface area contributed by atoms with Crippen LogP contribution in [0.15, 0.2) is 30.3 Å². The Balaban J connectivity index is 2.20. The smallest absolute Gasteiger partial charge is 0.130 e. The van der Waals surface area contributed by atoms with Crippen molar-refractivity contribution in [1.82, 2.24) is 15.1 Å². The van der Waals surface area contributed by atoms with Crippen LogP contribution >= 0.6 is 11.6 Å². The van der Waals surface area contributed by atoms with Gasteiger partial charge in [-0.05, 0) is 31.9 Å². The Bertz CT molecular complexity index is 563. The zero-order valence-electron chi connectivity index (χ0n) is 12.5. The molecule has 0 radical (unpaired) electrons. The molecule has 0 spiro atoms. The summed E-state index contributed by atoms with van der Waals surface area (Å²) in [6, 6.07) is 10.8. The minimum Gasteiger partial charge on any atom is -0.313 e. The van der Waals surface area contributed by atoms with Crippen LogP contribution in [0.25, 0.3) is 0 Å². The zero-order valence-corrected chi connectivity index (χ0v) is 13.3. The maximum absolute atomic E-state index is 6.33. The second-order valence-electron chi connectivity index (χ2n) is 5.34. The van der Waals surface area contributed by atoms with E-state index in [9.17, 15) is 0 Å². The molecule has 0 amide bonds. The maximum atomic E-state index is 6.33. The third-order valence-electron chi connectivity index (χ3n) is 3.83. The Morgan fingerprint density at radius 1 is 1.30 bits per heavy atom. The van der Waals surface area contributed by atoms with E-state index in [0.29, 0.717) is 12.0 Å². The van der Waals surface area contributed by atoms with Gasteiger partial charge in [0.25, 0.3) is 0 Å². The normalized spacial score (nSPS) is 14.2. The van der Waals surface area contributed by atoms with Crippen molar-refractivity contribution in [2.75, 3.05) is 7.05 Å². The predicted molar refractivity (Wildman–Crippen MR) is 84.1 cm³/mol. The Kier molecular flexibility index (Phi) is 4.84. The fourth-order valence-electron chi connectivity index (χ4n) is 2.79. The van der Waals surface area contributed by atoms with Gasteiger partial charge in [-0.1, -0.05) is 48.9 Å². The van der Waals surface area contributed by atoms with Gasteiger partial charge in [0.2, 0.25) is 0 Å². The standard InChI is InChI=1S/C16H22ClN3/c1-11(10-14-12(2)19-20(4)16(14)17)15(18-3)13-8-6-5-7-9-13/h5-9,11,15,18H,10H2,1-4H3. The fraction of sp³-hybridized carbons (Fsp3) is 0.438. The van der Waals surface area contributed by atoms with Crippen molar-refractivity contribution < 1.29 is 0 Å². The van der Waals surface area contributed by atoms with Gasteiger partial charge in [-0.3, -0.25) is 4.68 Å². The molecule has 20 heavy (non-hydrogen) atoms. The Morgan fingerprint density at radius 2 is 1.95 bits per heavy atom. The number of hydrogen-bond acceptors (Lipinski definition) is 2. The van der Waals surface area contributed by atoms with Crippen molar-refractivity contribution in [3.8, 4) is 0 Å². The number of rotatable bonds is 5. The summed E-state index contributed by atoms with van der Waals surface area (Å²) in [5, 5.41) is 8.55.